The van der Waals surface area contributed by atoms with Gasteiger partial charge in [0.15, 0.2) is 0 Å². The second-order valence-electron chi connectivity index (χ2n) is 6.16. The van der Waals surface area contributed by atoms with Gasteiger partial charge in [0.05, 0.1) is 9.77 Å². The summed E-state index contributed by atoms with van der Waals surface area (Å²) in [6, 6.07) is 17.3. The van der Waals surface area contributed by atoms with Crippen molar-refractivity contribution in [1.29, 1.82) is 0 Å². The molecular weight excluding hydrogens is 445 g/mol. The number of halogens is 1. The molecule has 2 aromatic heterocycles. The fraction of sp³-hybridized carbons (Fsp3) is 0.0500. The Morgan fingerprint density at radius 2 is 1.67 bits per heavy atom. The molecule has 0 atom stereocenters. The maximum Gasteiger partial charge on any atom is 0.267 e. The van der Waals surface area contributed by atoms with Gasteiger partial charge in [-0.3, -0.25) is 10.1 Å². The highest BCUT2D eigenvalue weighted by Gasteiger charge is 2.22. The summed E-state index contributed by atoms with van der Waals surface area (Å²) in [6.07, 6.45) is 0.263. The number of benzene rings is 2. The molecule has 0 unspecified atom stereocenters. The molecule has 1 N–H and O–H groups in total. The number of rotatable bonds is 6. The van der Waals surface area contributed by atoms with Crippen LogP contribution in [-0.4, -0.2) is 24.5 Å². The zero-order valence-corrected chi connectivity index (χ0v) is 17.7. The Morgan fingerprint density at radius 3 is 2.43 bits per heavy atom. The highest BCUT2D eigenvalue weighted by atomic mass is 32.2. The third-order valence-corrected chi connectivity index (χ3v) is 8.29. The summed E-state index contributed by atoms with van der Waals surface area (Å²) in [4.78, 5) is 12.9. The predicted molar refractivity (Wildman–Crippen MR) is 113 cm³/mol. The molecule has 4 aromatic rings. The number of sulfone groups is 1. The zero-order valence-electron chi connectivity index (χ0n) is 15.3. The Bertz CT molecular complexity index is 1300. The molecule has 10 heteroatoms. The van der Waals surface area contributed by atoms with Crippen molar-refractivity contribution in [3.05, 3.63) is 88.0 Å². The van der Waals surface area contributed by atoms with E-state index in [9.17, 15) is 17.6 Å². The van der Waals surface area contributed by atoms with Gasteiger partial charge in [-0.1, -0.05) is 47.7 Å². The summed E-state index contributed by atoms with van der Waals surface area (Å²) < 4.78 is 39.2. The average molecular weight is 460 g/mol. The van der Waals surface area contributed by atoms with E-state index in [0.29, 0.717) is 10.6 Å². The quantitative estimate of drug-likeness (QED) is 0.461. The summed E-state index contributed by atoms with van der Waals surface area (Å²) in [7, 11) is -3.68. The largest absolute Gasteiger partial charge is 0.296 e. The van der Waals surface area contributed by atoms with Crippen LogP contribution in [0.3, 0.4) is 0 Å². The van der Waals surface area contributed by atoms with E-state index in [1.165, 1.54) is 30.3 Å². The molecule has 0 aliphatic carbocycles. The Balaban J connectivity index is 1.47. The lowest BCUT2D eigenvalue weighted by atomic mass is 10.1. The molecule has 152 valence electrons. The van der Waals surface area contributed by atoms with E-state index in [0.717, 1.165) is 22.7 Å². The zero-order chi connectivity index (χ0) is 21.1. The molecule has 2 heterocycles. The third-order valence-electron chi connectivity index (χ3n) is 4.11. The first-order valence-electron chi connectivity index (χ1n) is 8.70. The number of thiophene rings is 1. The second kappa shape index (κ2) is 8.42. The summed E-state index contributed by atoms with van der Waals surface area (Å²) in [5.41, 5.74) is 0.487. The van der Waals surface area contributed by atoms with Gasteiger partial charge in [0.2, 0.25) is 15.0 Å². The van der Waals surface area contributed by atoms with Gasteiger partial charge in [-0.15, -0.1) is 21.5 Å². The van der Waals surface area contributed by atoms with Crippen LogP contribution in [0, 0.1) is 5.82 Å². The Labute approximate surface area is 180 Å². The first-order valence-corrected chi connectivity index (χ1v) is 11.8. The van der Waals surface area contributed by atoms with Gasteiger partial charge in [-0.25, -0.2) is 12.8 Å². The SMILES string of the molecule is O=C(Nc1nnc(Cc2ccccc2F)s1)c1ccc(S(=O)(=O)c2ccccc2)s1. The number of hydrogen-bond acceptors (Lipinski definition) is 7. The van der Waals surface area contributed by atoms with E-state index in [-0.39, 0.29) is 31.4 Å². The Kier molecular flexibility index (Phi) is 5.71. The minimum atomic E-state index is -3.68. The molecule has 2 aromatic carbocycles. The number of aromatic nitrogens is 2. The topological polar surface area (TPSA) is 89.0 Å². The molecule has 0 aliphatic heterocycles. The number of anilines is 1. The number of nitrogens with one attached hydrogen (secondary N) is 1. The number of carbonyl (C=O) groups excluding carboxylic acids is 1. The second-order valence-corrected chi connectivity index (χ2v) is 10.5. The molecule has 1 amide bonds. The lowest BCUT2D eigenvalue weighted by molar-refractivity contribution is 0.103. The summed E-state index contributed by atoms with van der Waals surface area (Å²) >= 11 is 2.01. The van der Waals surface area contributed by atoms with Crippen molar-refractivity contribution >= 4 is 43.5 Å². The monoisotopic (exact) mass is 459 g/mol. The molecule has 0 saturated carbocycles. The van der Waals surface area contributed by atoms with Crippen molar-refractivity contribution in [2.24, 2.45) is 0 Å². The van der Waals surface area contributed by atoms with Crippen molar-refractivity contribution in [2.75, 3.05) is 5.32 Å². The first-order chi connectivity index (χ1) is 14.4. The molecule has 0 bridgehead atoms. The smallest absolute Gasteiger partial charge is 0.267 e. The number of hydrogen-bond donors (Lipinski definition) is 1. The number of amides is 1. The van der Waals surface area contributed by atoms with Gasteiger partial charge in [0.1, 0.15) is 15.0 Å². The van der Waals surface area contributed by atoms with Gasteiger partial charge in [-0.2, -0.15) is 0 Å². The van der Waals surface area contributed by atoms with Crippen LogP contribution in [-0.2, 0) is 16.3 Å². The lowest BCUT2D eigenvalue weighted by Crippen LogP contribution is -2.09. The first kappa shape index (κ1) is 20.3. The van der Waals surface area contributed by atoms with Crippen LogP contribution in [0.4, 0.5) is 9.52 Å². The summed E-state index contributed by atoms with van der Waals surface area (Å²) in [6.45, 7) is 0. The highest BCUT2D eigenvalue weighted by Crippen LogP contribution is 2.28. The van der Waals surface area contributed by atoms with Crippen LogP contribution in [0.1, 0.15) is 20.2 Å². The van der Waals surface area contributed by atoms with E-state index in [2.05, 4.69) is 15.5 Å². The number of carbonyl (C=O) groups is 1. The van der Waals surface area contributed by atoms with Crippen molar-refractivity contribution in [3.63, 3.8) is 0 Å². The standard InChI is InChI=1S/C20H14FN3O3S3/c21-15-9-5-4-6-13(15)12-17-23-24-20(29-17)22-19(25)16-10-11-18(28-16)30(26,27)14-7-2-1-3-8-14/h1-11H,12H2,(H,22,24,25). The van der Waals surface area contributed by atoms with Gasteiger partial charge in [-0.05, 0) is 35.9 Å². The van der Waals surface area contributed by atoms with E-state index < -0.39 is 15.7 Å². The van der Waals surface area contributed by atoms with Gasteiger partial charge >= 0.3 is 0 Å². The molecule has 0 radical (unpaired) electrons. The van der Waals surface area contributed by atoms with Crippen LogP contribution in [0.15, 0.2) is 75.8 Å². The van der Waals surface area contributed by atoms with E-state index >= 15 is 0 Å². The third kappa shape index (κ3) is 4.30. The molecule has 30 heavy (non-hydrogen) atoms. The maximum absolute atomic E-state index is 13.8. The van der Waals surface area contributed by atoms with E-state index in [1.54, 1.807) is 36.4 Å². The van der Waals surface area contributed by atoms with E-state index in [1.807, 2.05) is 0 Å². The van der Waals surface area contributed by atoms with Crippen LogP contribution in [0.25, 0.3) is 0 Å². The minimum absolute atomic E-state index is 0.0800. The molecule has 6 nitrogen and oxygen atoms in total. The van der Waals surface area contributed by atoms with Crippen LogP contribution in [0.5, 0.6) is 0 Å². The van der Waals surface area contributed by atoms with Gasteiger partial charge in [0, 0.05) is 6.42 Å². The molecule has 0 saturated heterocycles. The van der Waals surface area contributed by atoms with Crippen molar-refractivity contribution < 1.29 is 17.6 Å². The summed E-state index contributed by atoms with van der Waals surface area (Å²) in [5.74, 6) is -0.813. The molecular formula is C20H14FN3O3S3. The van der Waals surface area contributed by atoms with Crippen molar-refractivity contribution in [1.82, 2.24) is 10.2 Å². The predicted octanol–water partition coefficient (Wildman–Crippen LogP) is 4.41. The normalized spacial score (nSPS) is 11.4. The fourth-order valence-electron chi connectivity index (χ4n) is 2.64. The van der Waals surface area contributed by atoms with Gasteiger partial charge in [0.25, 0.3) is 5.91 Å². The van der Waals surface area contributed by atoms with E-state index in [4.69, 9.17) is 0 Å². The highest BCUT2D eigenvalue weighted by molar-refractivity contribution is 7.93. The van der Waals surface area contributed by atoms with Crippen molar-refractivity contribution in [3.8, 4) is 0 Å². The molecule has 0 spiro atoms. The molecule has 0 fully saturated rings. The molecule has 0 aliphatic rings. The number of nitrogens with zero attached hydrogens (tertiary/aromatic N) is 2. The van der Waals surface area contributed by atoms with Crippen LogP contribution < -0.4 is 5.32 Å². The average Bonchev–Trinajstić information content (AvgIpc) is 3.41. The Morgan fingerprint density at radius 1 is 0.933 bits per heavy atom. The maximum atomic E-state index is 13.8. The Hall–Kier alpha value is -2.95. The van der Waals surface area contributed by atoms with Crippen molar-refractivity contribution in [2.45, 2.75) is 15.5 Å². The summed E-state index contributed by atoms with van der Waals surface area (Å²) in [5, 5.41) is 11.3. The lowest BCUT2D eigenvalue weighted by Gasteiger charge is -2.01. The van der Waals surface area contributed by atoms with Crippen LogP contribution >= 0.6 is 22.7 Å². The fourth-order valence-corrected chi connectivity index (χ4v) is 6.02. The molecule has 4 rings (SSSR count). The minimum Gasteiger partial charge on any atom is -0.296 e. The van der Waals surface area contributed by atoms with Gasteiger partial charge < -0.3 is 0 Å². The van der Waals surface area contributed by atoms with Crippen LogP contribution in [0.2, 0.25) is 0 Å².